The first-order chi connectivity index (χ1) is 15.2. The zero-order valence-electron chi connectivity index (χ0n) is 17.1. The Morgan fingerprint density at radius 3 is 2.69 bits per heavy atom. The second-order valence-corrected chi connectivity index (χ2v) is 11.2. The lowest BCUT2D eigenvalue weighted by molar-refractivity contribution is -0.137. The number of benzene rings is 2. The van der Waals surface area contributed by atoms with E-state index in [0.717, 1.165) is 29.5 Å². The number of carboxylic acid groups (broad SMARTS) is 1. The molecule has 2 aliphatic heterocycles. The minimum absolute atomic E-state index is 0.0742. The summed E-state index contributed by atoms with van der Waals surface area (Å²) in [5, 5.41) is 9.08. The SMILES string of the molecule is COc1ccc2c(c1)C(CCC(=O)O)CN2S(=O)(=O)C1CC=C(c2ccc(F)c(F)c2)S1. The molecule has 0 saturated carbocycles. The smallest absolute Gasteiger partial charge is 0.303 e. The largest absolute Gasteiger partial charge is 0.497 e. The molecule has 2 heterocycles. The Labute approximate surface area is 188 Å². The standard InChI is InChI=1S/C22H21F2NO5S2/c1-30-15-4-6-19-16(11-15)14(3-8-21(26)27)12-25(19)32(28,29)22-9-7-20(31-22)13-2-5-17(23)18(24)10-13/h2,4-7,10-11,14,22H,3,8-9,12H2,1H3,(H,26,27). The molecule has 0 aromatic heterocycles. The van der Waals surface area contributed by atoms with Gasteiger partial charge >= 0.3 is 5.97 Å². The summed E-state index contributed by atoms with van der Waals surface area (Å²) in [6.45, 7) is 0.148. The molecule has 0 bridgehead atoms. The number of halogens is 2. The van der Waals surface area contributed by atoms with E-state index in [1.165, 1.54) is 17.5 Å². The Morgan fingerprint density at radius 1 is 1.22 bits per heavy atom. The zero-order chi connectivity index (χ0) is 23.0. The molecule has 2 aliphatic rings. The van der Waals surface area contributed by atoms with Gasteiger partial charge in [0, 0.05) is 23.8 Å². The Hall–Kier alpha value is -2.59. The number of allylic oxidation sites excluding steroid dienone is 1. The number of fused-ring (bicyclic) bond motifs is 1. The zero-order valence-corrected chi connectivity index (χ0v) is 18.8. The number of methoxy groups -OCH3 is 1. The third kappa shape index (κ3) is 4.21. The molecule has 0 amide bonds. The molecule has 2 aromatic carbocycles. The van der Waals surface area contributed by atoms with Crippen molar-refractivity contribution in [3.8, 4) is 5.75 Å². The van der Waals surface area contributed by atoms with Crippen molar-refractivity contribution in [1.29, 1.82) is 0 Å². The first kappa shape index (κ1) is 22.6. The van der Waals surface area contributed by atoms with Crippen molar-refractivity contribution in [1.82, 2.24) is 0 Å². The highest BCUT2D eigenvalue weighted by atomic mass is 32.3. The molecule has 4 rings (SSSR count). The van der Waals surface area contributed by atoms with E-state index in [2.05, 4.69) is 0 Å². The highest BCUT2D eigenvalue weighted by molar-refractivity contribution is 8.19. The monoisotopic (exact) mass is 481 g/mol. The summed E-state index contributed by atoms with van der Waals surface area (Å²) in [7, 11) is -2.30. The highest BCUT2D eigenvalue weighted by Gasteiger charge is 2.42. The number of aliphatic carboxylic acids is 1. The molecule has 0 spiro atoms. The average molecular weight is 482 g/mol. The molecule has 0 aliphatic carbocycles. The quantitative estimate of drug-likeness (QED) is 0.624. The number of hydrogen-bond acceptors (Lipinski definition) is 5. The number of carbonyl (C=O) groups is 1. The molecule has 2 aromatic rings. The van der Waals surface area contributed by atoms with Crippen molar-refractivity contribution >= 4 is 38.3 Å². The van der Waals surface area contributed by atoms with Crippen LogP contribution in [0.2, 0.25) is 0 Å². The van der Waals surface area contributed by atoms with Crippen LogP contribution in [-0.4, -0.2) is 37.7 Å². The molecule has 2 unspecified atom stereocenters. The van der Waals surface area contributed by atoms with E-state index in [1.54, 1.807) is 24.3 Å². The molecule has 0 fully saturated rings. The maximum Gasteiger partial charge on any atom is 0.303 e. The maximum absolute atomic E-state index is 13.6. The third-order valence-electron chi connectivity index (χ3n) is 5.63. The fraction of sp³-hybridized carbons (Fsp3) is 0.318. The molecular formula is C22H21F2NO5S2. The number of rotatable bonds is 7. The van der Waals surface area contributed by atoms with Gasteiger partial charge in [-0.05, 0) is 54.3 Å². The van der Waals surface area contributed by atoms with E-state index in [0.29, 0.717) is 28.3 Å². The van der Waals surface area contributed by atoms with Crippen molar-refractivity contribution in [2.75, 3.05) is 18.0 Å². The van der Waals surface area contributed by atoms with Gasteiger partial charge in [0.2, 0.25) is 10.0 Å². The normalized spacial score (nSPS) is 20.2. The van der Waals surface area contributed by atoms with Gasteiger partial charge in [0.25, 0.3) is 0 Å². The van der Waals surface area contributed by atoms with Crippen LogP contribution in [0.15, 0.2) is 42.5 Å². The van der Waals surface area contributed by atoms with Gasteiger partial charge in [-0.25, -0.2) is 17.2 Å². The molecule has 0 saturated heterocycles. The third-order valence-corrected chi connectivity index (χ3v) is 9.58. The van der Waals surface area contributed by atoms with Crippen LogP contribution in [-0.2, 0) is 14.8 Å². The number of sulfonamides is 1. The summed E-state index contributed by atoms with van der Waals surface area (Å²) in [6, 6.07) is 8.60. The number of carboxylic acids is 1. The molecule has 6 nitrogen and oxygen atoms in total. The Kier molecular flexibility index (Phi) is 6.17. The molecule has 0 radical (unpaired) electrons. The van der Waals surface area contributed by atoms with Crippen LogP contribution in [0, 0.1) is 11.6 Å². The predicted molar refractivity (Wildman–Crippen MR) is 119 cm³/mol. The summed E-state index contributed by atoms with van der Waals surface area (Å²) in [5.74, 6) is -2.59. The van der Waals surface area contributed by atoms with Crippen LogP contribution in [0.4, 0.5) is 14.5 Å². The Morgan fingerprint density at radius 2 is 2.00 bits per heavy atom. The minimum Gasteiger partial charge on any atom is -0.497 e. The van der Waals surface area contributed by atoms with Crippen LogP contribution < -0.4 is 9.04 Å². The van der Waals surface area contributed by atoms with Crippen LogP contribution in [0.1, 0.15) is 36.3 Å². The van der Waals surface area contributed by atoms with Crippen molar-refractivity contribution in [2.45, 2.75) is 29.8 Å². The molecular weight excluding hydrogens is 460 g/mol. The van der Waals surface area contributed by atoms with Gasteiger partial charge in [0.15, 0.2) is 11.6 Å². The Balaban J connectivity index is 1.59. The summed E-state index contributed by atoms with van der Waals surface area (Å²) >= 11 is 1.10. The minimum atomic E-state index is -3.81. The van der Waals surface area contributed by atoms with Crippen molar-refractivity contribution < 1.29 is 31.8 Å². The fourth-order valence-electron chi connectivity index (χ4n) is 4.00. The second-order valence-electron chi connectivity index (χ2n) is 7.61. The summed E-state index contributed by atoms with van der Waals surface area (Å²) in [5.41, 5.74) is 1.69. The first-order valence-electron chi connectivity index (χ1n) is 9.94. The van der Waals surface area contributed by atoms with E-state index in [4.69, 9.17) is 9.84 Å². The van der Waals surface area contributed by atoms with E-state index in [1.807, 2.05) is 0 Å². The summed E-state index contributed by atoms with van der Waals surface area (Å²) < 4.78 is 59.7. The van der Waals surface area contributed by atoms with Gasteiger partial charge in [0.05, 0.1) is 12.8 Å². The van der Waals surface area contributed by atoms with E-state index in [-0.39, 0.29) is 25.3 Å². The fourth-order valence-corrected chi connectivity index (χ4v) is 7.49. The van der Waals surface area contributed by atoms with E-state index < -0.39 is 32.2 Å². The van der Waals surface area contributed by atoms with Crippen LogP contribution >= 0.6 is 11.8 Å². The lowest BCUT2D eigenvalue weighted by Gasteiger charge is -2.24. The highest BCUT2D eigenvalue weighted by Crippen LogP contribution is 2.47. The van der Waals surface area contributed by atoms with Crippen molar-refractivity contribution in [3.63, 3.8) is 0 Å². The van der Waals surface area contributed by atoms with Gasteiger partial charge in [-0.1, -0.05) is 12.1 Å². The van der Waals surface area contributed by atoms with Gasteiger partial charge in [-0.15, -0.1) is 11.8 Å². The predicted octanol–water partition coefficient (Wildman–Crippen LogP) is 4.58. The van der Waals surface area contributed by atoms with E-state index >= 15 is 0 Å². The summed E-state index contributed by atoms with van der Waals surface area (Å²) in [4.78, 5) is 11.7. The van der Waals surface area contributed by atoms with Gasteiger partial charge in [-0.2, -0.15) is 0 Å². The number of ether oxygens (including phenoxy) is 1. The molecule has 32 heavy (non-hydrogen) atoms. The first-order valence-corrected chi connectivity index (χ1v) is 12.3. The number of hydrogen-bond donors (Lipinski definition) is 1. The van der Waals surface area contributed by atoms with Gasteiger partial charge in [0.1, 0.15) is 10.3 Å². The topological polar surface area (TPSA) is 83.9 Å². The van der Waals surface area contributed by atoms with Crippen LogP contribution in [0.5, 0.6) is 5.75 Å². The number of anilines is 1. The van der Waals surface area contributed by atoms with Crippen LogP contribution in [0.3, 0.4) is 0 Å². The average Bonchev–Trinajstić information content (AvgIpc) is 3.40. The van der Waals surface area contributed by atoms with Gasteiger partial charge < -0.3 is 9.84 Å². The molecule has 10 heteroatoms. The van der Waals surface area contributed by atoms with Crippen molar-refractivity contribution in [2.24, 2.45) is 0 Å². The maximum atomic E-state index is 13.6. The summed E-state index contributed by atoms with van der Waals surface area (Å²) in [6.07, 6.45) is 2.17. The Bertz CT molecular complexity index is 1200. The lowest BCUT2D eigenvalue weighted by Crippen LogP contribution is -2.36. The molecule has 1 N–H and O–H groups in total. The second kappa shape index (κ2) is 8.74. The van der Waals surface area contributed by atoms with Gasteiger partial charge in [-0.3, -0.25) is 9.10 Å². The lowest BCUT2D eigenvalue weighted by atomic mass is 9.96. The molecule has 2 atom stereocenters. The van der Waals surface area contributed by atoms with Crippen molar-refractivity contribution in [3.05, 3.63) is 65.2 Å². The number of thioether (sulfide) groups is 1. The van der Waals surface area contributed by atoms with Crippen LogP contribution in [0.25, 0.3) is 4.91 Å². The molecule has 170 valence electrons. The number of nitrogens with zero attached hydrogens (tertiary/aromatic N) is 1. The van der Waals surface area contributed by atoms with E-state index in [9.17, 15) is 22.0 Å².